The molecule has 0 aliphatic heterocycles. The Kier molecular flexibility index (Phi) is 19.8. The van der Waals surface area contributed by atoms with E-state index in [9.17, 15) is 13.2 Å². The van der Waals surface area contributed by atoms with Gasteiger partial charge in [0.1, 0.15) is 0 Å². The zero-order chi connectivity index (χ0) is 22.5. The van der Waals surface area contributed by atoms with Crippen molar-refractivity contribution in [2.45, 2.75) is 110 Å². The Balaban J connectivity index is 3.70. The van der Waals surface area contributed by atoms with Crippen molar-refractivity contribution in [2.24, 2.45) is 0 Å². The minimum absolute atomic E-state index is 0.236. The first-order valence-corrected chi connectivity index (χ1v) is 13.7. The smallest absolute Gasteiger partial charge is 0.306 e. The SMILES string of the molecule is CCCCCCCCCCCCCCCCN(CCCS(=O)(=O)O)CCC(=O)OC. The molecular formula is C23H47NO5S. The summed E-state index contributed by atoms with van der Waals surface area (Å²) in [5.74, 6) is -0.490. The Bertz CT molecular complexity index is 496. The van der Waals surface area contributed by atoms with Crippen LogP contribution < -0.4 is 0 Å². The van der Waals surface area contributed by atoms with Crippen molar-refractivity contribution in [2.75, 3.05) is 32.5 Å². The Morgan fingerprint density at radius 1 is 0.733 bits per heavy atom. The molecule has 30 heavy (non-hydrogen) atoms. The summed E-state index contributed by atoms with van der Waals surface area (Å²) in [6, 6.07) is 0. The molecule has 0 atom stereocenters. The van der Waals surface area contributed by atoms with Crippen LogP contribution in [0.3, 0.4) is 0 Å². The summed E-state index contributed by atoms with van der Waals surface area (Å²) < 4.78 is 35.3. The molecule has 0 fully saturated rings. The van der Waals surface area contributed by atoms with Crippen LogP contribution in [0.2, 0.25) is 0 Å². The molecule has 0 aromatic rings. The van der Waals surface area contributed by atoms with Crippen LogP contribution in [0.4, 0.5) is 0 Å². The highest BCUT2D eigenvalue weighted by Gasteiger charge is 2.11. The number of carbonyl (C=O) groups is 1. The Hall–Kier alpha value is -0.660. The summed E-state index contributed by atoms with van der Waals surface area (Å²) >= 11 is 0. The first-order chi connectivity index (χ1) is 14.4. The van der Waals surface area contributed by atoms with E-state index in [-0.39, 0.29) is 11.7 Å². The summed E-state index contributed by atoms with van der Waals surface area (Å²) in [4.78, 5) is 13.5. The highest BCUT2D eigenvalue weighted by atomic mass is 32.2. The Labute approximate surface area is 185 Å². The fourth-order valence-electron chi connectivity index (χ4n) is 3.69. The highest BCUT2D eigenvalue weighted by molar-refractivity contribution is 7.85. The van der Waals surface area contributed by atoms with E-state index >= 15 is 0 Å². The maximum absolute atomic E-state index is 11.4. The zero-order valence-electron chi connectivity index (χ0n) is 19.6. The fraction of sp³-hybridized carbons (Fsp3) is 0.957. The van der Waals surface area contributed by atoms with Gasteiger partial charge >= 0.3 is 5.97 Å². The molecule has 7 heteroatoms. The molecule has 0 saturated heterocycles. The van der Waals surface area contributed by atoms with Crippen molar-refractivity contribution in [3.63, 3.8) is 0 Å². The Morgan fingerprint density at radius 3 is 1.60 bits per heavy atom. The average Bonchev–Trinajstić information content (AvgIpc) is 2.70. The number of ether oxygens (including phenoxy) is 1. The number of nitrogens with zero attached hydrogens (tertiary/aromatic N) is 1. The minimum atomic E-state index is -3.92. The Morgan fingerprint density at radius 2 is 1.17 bits per heavy atom. The predicted molar refractivity (Wildman–Crippen MR) is 124 cm³/mol. The summed E-state index contributed by atoms with van der Waals surface area (Å²) in [6.45, 7) is 4.24. The lowest BCUT2D eigenvalue weighted by atomic mass is 10.0. The van der Waals surface area contributed by atoms with Gasteiger partial charge in [-0.25, -0.2) is 0 Å². The molecule has 0 aliphatic carbocycles. The van der Waals surface area contributed by atoms with Crippen molar-refractivity contribution < 1.29 is 22.5 Å². The predicted octanol–water partition coefficient (Wildman–Crippen LogP) is 5.61. The number of esters is 1. The van der Waals surface area contributed by atoms with Crippen molar-refractivity contribution in [1.82, 2.24) is 4.90 Å². The van der Waals surface area contributed by atoms with Crippen molar-refractivity contribution >= 4 is 16.1 Å². The third-order valence-electron chi connectivity index (χ3n) is 5.56. The third-order valence-corrected chi connectivity index (χ3v) is 6.37. The maximum atomic E-state index is 11.4. The van der Waals surface area contributed by atoms with Gasteiger partial charge in [-0.15, -0.1) is 0 Å². The molecule has 0 saturated carbocycles. The molecule has 0 aromatic heterocycles. The number of methoxy groups -OCH3 is 1. The molecule has 0 bridgehead atoms. The summed E-state index contributed by atoms with van der Waals surface area (Å²) in [7, 11) is -2.55. The van der Waals surface area contributed by atoms with Gasteiger partial charge in [-0.2, -0.15) is 8.42 Å². The number of hydrogen-bond donors (Lipinski definition) is 1. The van der Waals surface area contributed by atoms with E-state index in [0.717, 1.165) is 19.4 Å². The van der Waals surface area contributed by atoms with Crippen LogP contribution in [-0.2, 0) is 19.6 Å². The average molecular weight is 450 g/mol. The normalized spacial score (nSPS) is 11.9. The molecule has 0 amide bonds. The van der Waals surface area contributed by atoms with Gasteiger partial charge in [0.25, 0.3) is 10.1 Å². The highest BCUT2D eigenvalue weighted by Crippen LogP contribution is 2.13. The summed E-state index contributed by atoms with van der Waals surface area (Å²) in [5, 5.41) is 0. The molecule has 6 nitrogen and oxygen atoms in total. The van der Waals surface area contributed by atoms with Gasteiger partial charge in [-0.05, 0) is 25.9 Å². The molecule has 180 valence electrons. The molecular weight excluding hydrogens is 402 g/mol. The molecule has 0 unspecified atom stereocenters. The number of hydrogen-bond acceptors (Lipinski definition) is 5. The third kappa shape index (κ3) is 22.0. The standard InChI is InChI=1S/C23H47NO5S/c1-3-4-5-6-7-8-9-10-11-12-13-14-15-16-19-24(21-18-23(25)29-2)20-17-22-30(26,27)28/h3-22H2,1-2H3,(H,26,27,28). The number of carbonyl (C=O) groups excluding carboxylic acids is 1. The number of unbranched alkanes of at least 4 members (excludes halogenated alkanes) is 13. The van der Waals surface area contributed by atoms with Gasteiger partial charge < -0.3 is 9.64 Å². The topological polar surface area (TPSA) is 83.9 Å². The molecule has 0 aliphatic rings. The first-order valence-electron chi connectivity index (χ1n) is 12.1. The largest absolute Gasteiger partial charge is 0.469 e. The van der Waals surface area contributed by atoms with E-state index in [1.54, 1.807) is 0 Å². The van der Waals surface area contributed by atoms with E-state index in [1.807, 2.05) is 0 Å². The van der Waals surface area contributed by atoms with E-state index in [4.69, 9.17) is 4.55 Å². The lowest BCUT2D eigenvalue weighted by Gasteiger charge is -2.21. The molecule has 0 rings (SSSR count). The van der Waals surface area contributed by atoms with Crippen LogP contribution in [0.25, 0.3) is 0 Å². The van der Waals surface area contributed by atoms with Gasteiger partial charge in [-0.3, -0.25) is 9.35 Å². The van der Waals surface area contributed by atoms with Crippen LogP contribution in [0, 0.1) is 0 Å². The van der Waals surface area contributed by atoms with E-state index in [0.29, 0.717) is 25.9 Å². The summed E-state index contributed by atoms with van der Waals surface area (Å²) in [6.07, 6.45) is 19.1. The molecule has 0 spiro atoms. The van der Waals surface area contributed by atoms with Gasteiger partial charge in [0.2, 0.25) is 0 Å². The zero-order valence-corrected chi connectivity index (χ0v) is 20.4. The monoisotopic (exact) mass is 449 g/mol. The molecule has 0 radical (unpaired) electrons. The minimum Gasteiger partial charge on any atom is -0.469 e. The van der Waals surface area contributed by atoms with E-state index < -0.39 is 10.1 Å². The molecule has 0 aromatic carbocycles. The van der Waals surface area contributed by atoms with E-state index in [1.165, 1.54) is 84.2 Å². The second-order valence-corrected chi connectivity index (χ2v) is 9.98. The van der Waals surface area contributed by atoms with Crippen LogP contribution in [0.15, 0.2) is 0 Å². The second kappa shape index (κ2) is 20.3. The fourth-order valence-corrected chi connectivity index (χ4v) is 4.18. The van der Waals surface area contributed by atoms with Crippen molar-refractivity contribution in [3.05, 3.63) is 0 Å². The van der Waals surface area contributed by atoms with Crippen LogP contribution >= 0.6 is 0 Å². The van der Waals surface area contributed by atoms with Crippen LogP contribution in [0.1, 0.15) is 110 Å². The molecule has 0 heterocycles. The lowest BCUT2D eigenvalue weighted by Crippen LogP contribution is -2.30. The summed E-state index contributed by atoms with van der Waals surface area (Å²) in [5.41, 5.74) is 0. The van der Waals surface area contributed by atoms with E-state index in [2.05, 4.69) is 16.6 Å². The van der Waals surface area contributed by atoms with Crippen molar-refractivity contribution in [3.8, 4) is 0 Å². The van der Waals surface area contributed by atoms with Crippen LogP contribution in [-0.4, -0.2) is 56.3 Å². The van der Waals surface area contributed by atoms with Crippen LogP contribution in [0.5, 0.6) is 0 Å². The van der Waals surface area contributed by atoms with Gasteiger partial charge in [-0.1, -0.05) is 90.4 Å². The first kappa shape index (κ1) is 29.3. The number of rotatable bonds is 22. The molecule has 1 N–H and O–H groups in total. The lowest BCUT2D eigenvalue weighted by molar-refractivity contribution is -0.141. The van der Waals surface area contributed by atoms with Gasteiger partial charge in [0.05, 0.1) is 19.3 Å². The second-order valence-electron chi connectivity index (χ2n) is 8.40. The maximum Gasteiger partial charge on any atom is 0.306 e. The van der Waals surface area contributed by atoms with Gasteiger partial charge in [0.15, 0.2) is 0 Å². The van der Waals surface area contributed by atoms with Crippen molar-refractivity contribution in [1.29, 1.82) is 0 Å². The van der Waals surface area contributed by atoms with Gasteiger partial charge in [0, 0.05) is 6.54 Å². The quantitative estimate of drug-likeness (QED) is 0.131.